The van der Waals surface area contributed by atoms with Gasteiger partial charge in [0.2, 0.25) is 5.88 Å². The summed E-state index contributed by atoms with van der Waals surface area (Å²) in [6.07, 6.45) is 7.04. The van der Waals surface area contributed by atoms with Crippen LogP contribution >= 0.6 is 0 Å². The second kappa shape index (κ2) is 12.9. The standard InChI is InChI=1S/C34H46N8O4Si/c1-22(18-35)46-33-27(20-37-40(33)5)24-17-26-31(39-42(32(26)36-19-24)30-10-8-9-14-44-30)23-11-12-28-25(16-23)29(21-43)41(38-28)13-15-45-47(6,7)34(2,3)4/h11-12,16-17,19-22,30H,8-10,13-15,18,35H2,1-7H3/t22-,30?/m0/s1. The van der Waals surface area contributed by atoms with Crippen LogP contribution in [0.4, 0.5) is 0 Å². The molecule has 6 rings (SSSR count). The van der Waals surface area contributed by atoms with E-state index in [2.05, 4.69) is 45.0 Å². The number of nitrogens with two attached hydrogens (primary N) is 1. The molecular weight excluding hydrogens is 613 g/mol. The molecule has 1 aromatic carbocycles. The van der Waals surface area contributed by atoms with Gasteiger partial charge < -0.3 is 19.6 Å². The lowest BCUT2D eigenvalue weighted by molar-refractivity contribution is -0.0368. The summed E-state index contributed by atoms with van der Waals surface area (Å²) >= 11 is 0. The third-order valence-corrected chi connectivity index (χ3v) is 14.1. The molecule has 47 heavy (non-hydrogen) atoms. The highest BCUT2D eigenvalue weighted by molar-refractivity contribution is 6.74. The van der Waals surface area contributed by atoms with Gasteiger partial charge in [0.1, 0.15) is 17.5 Å². The van der Waals surface area contributed by atoms with E-state index in [0.29, 0.717) is 37.9 Å². The van der Waals surface area contributed by atoms with Gasteiger partial charge in [0.15, 0.2) is 26.5 Å². The van der Waals surface area contributed by atoms with Crippen LogP contribution < -0.4 is 10.5 Å². The highest BCUT2D eigenvalue weighted by atomic mass is 28.4. The number of hydrogen-bond donors (Lipinski definition) is 1. The Hall–Kier alpha value is -3.91. The number of fused-ring (bicyclic) bond motifs is 2. The summed E-state index contributed by atoms with van der Waals surface area (Å²) in [6.45, 7) is 15.1. The highest BCUT2D eigenvalue weighted by Crippen LogP contribution is 2.38. The molecule has 5 aromatic rings. The number of rotatable bonds is 11. The Bertz CT molecular complexity index is 1900. The number of pyridine rings is 1. The average molecular weight is 659 g/mol. The zero-order valence-corrected chi connectivity index (χ0v) is 29.5. The second-order valence-electron chi connectivity index (χ2n) is 13.9. The van der Waals surface area contributed by atoms with E-state index < -0.39 is 8.32 Å². The number of nitrogens with zero attached hydrogens (tertiary/aromatic N) is 7. The van der Waals surface area contributed by atoms with Crippen molar-refractivity contribution in [3.8, 4) is 28.3 Å². The van der Waals surface area contributed by atoms with Gasteiger partial charge in [-0.1, -0.05) is 26.8 Å². The Morgan fingerprint density at radius 3 is 2.62 bits per heavy atom. The topological polar surface area (TPSA) is 137 Å². The minimum atomic E-state index is -1.93. The van der Waals surface area contributed by atoms with E-state index in [0.717, 1.165) is 69.9 Å². The first kappa shape index (κ1) is 33.0. The van der Waals surface area contributed by atoms with E-state index >= 15 is 0 Å². The fourth-order valence-electron chi connectivity index (χ4n) is 5.70. The molecule has 12 nitrogen and oxygen atoms in total. The van der Waals surface area contributed by atoms with Gasteiger partial charge >= 0.3 is 0 Å². The number of aldehydes is 1. The predicted octanol–water partition coefficient (Wildman–Crippen LogP) is 6.11. The lowest BCUT2D eigenvalue weighted by Crippen LogP contribution is -2.41. The lowest BCUT2D eigenvalue weighted by Gasteiger charge is -2.36. The van der Waals surface area contributed by atoms with Gasteiger partial charge in [0.25, 0.3) is 0 Å². The number of benzene rings is 1. The maximum atomic E-state index is 12.5. The van der Waals surface area contributed by atoms with Crippen molar-refractivity contribution in [1.29, 1.82) is 0 Å². The molecule has 1 unspecified atom stereocenters. The fourth-order valence-corrected chi connectivity index (χ4v) is 6.74. The van der Waals surface area contributed by atoms with Crippen LogP contribution in [-0.2, 0) is 22.8 Å². The van der Waals surface area contributed by atoms with Crippen molar-refractivity contribution in [2.75, 3.05) is 19.8 Å². The molecule has 0 saturated carbocycles. The predicted molar refractivity (Wildman–Crippen MR) is 185 cm³/mol. The number of ether oxygens (including phenoxy) is 2. The molecule has 1 saturated heterocycles. The van der Waals surface area contributed by atoms with Crippen LogP contribution in [0.5, 0.6) is 5.88 Å². The SMILES string of the molecule is C[C@@H](CN)Oc1c(-c2cnc3c(c2)c(-c2ccc4nn(CCO[Si](C)(C)C(C)(C)C)c(C=O)c4c2)nn3C2CCCCO2)cnn1C. The number of aryl methyl sites for hydroxylation is 1. The van der Waals surface area contributed by atoms with Crippen LogP contribution in [0.2, 0.25) is 18.1 Å². The molecule has 0 radical (unpaired) electrons. The summed E-state index contributed by atoms with van der Waals surface area (Å²) in [4.78, 5) is 17.4. The molecule has 1 aliphatic heterocycles. The quantitative estimate of drug-likeness (QED) is 0.132. The van der Waals surface area contributed by atoms with E-state index in [1.807, 2.05) is 43.0 Å². The van der Waals surface area contributed by atoms with Crippen LogP contribution in [-0.4, -0.2) is 74.8 Å². The Balaban J connectivity index is 1.42. The van der Waals surface area contributed by atoms with Crippen LogP contribution in [0, 0.1) is 0 Å². The van der Waals surface area contributed by atoms with Gasteiger partial charge in [-0.3, -0.25) is 9.48 Å². The first-order valence-electron chi connectivity index (χ1n) is 16.4. The molecule has 0 bridgehead atoms. The summed E-state index contributed by atoms with van der Waals surface area (Å²) in [5.41, 5.74) is 11.1. The highest BCUT2D eigenvalue weighted by Gasteiger charge is 2.37. The molecule has 13 heteroatoms. The molecule has 2 atom stereocenters. The van der Waals surface area contributed by atoms with Crippen molar-refractivity contribution < 1.29 is 18.7 Å². The average Bonchev–Trinajstić information content (AvgIpc) is 3.72. The summed E-state index contributed by atoms with van der Waals surface area (Å²) in [5, 5.41) is 16.1. The number of aromatic nitrogens is 7. The first-order valence-corrected chi connectivity index (χ1v) is 19.3. The summed E-state index contributed by atoms with van der Waals surface area (Å²) in [6, 6.07) is 8.03. The number of hydrogen-bond acceptors (Lipinski definition) is 9. The van der Waals surface area contributed by atoms with Crippen molar-refractivity contribution in [3.05, 3.63) is 42.4 Å². The number of carbonyl (C=O) groups excluding carboxylic acids is 1. The third kappa shape index (κ3) is 6.36. The van der Waals surface area contributed by atoms with Gasteiger partial charge in [-0.25, -0.2) is 14.3 Å². The minimum absolute atomic E-state index is 0.0995. The molecule has 1 aliphatic rings. The maximum absolute atomic E-state index is 12.5. The van der Waals surface area contributed by atoms with Gasteiger partial charge in [-0.2, -0.15) is 15.3 Å². The van der Waals surface area contributed by atoms with E-state index in [1.54, 1.807) is 15.6 Å². The molecule has 1 fully saturated rings. The van der Waals surface area contributed by atoms with Gasteiger partial charge in [0, 0.05) is 48.3 Å². The Morgan fingerprint density at radius 1 is 1.13 bits per heavy atom. The van der Waals surface area contributed by atoms with E-state index in [1.165, 1.54) is 0 Å². The van der Waals surface area contributed by atoms with Crippen LogP contribution in [0.25, 0.3) is 44.3 Å². The first-order chi connectivity index (χ1) is 22.4. The van der Waals surface area contributed by atoms with E-state index in [4.69, 9.17) is 34.8 Å². The zero-order chi connectivity index (χ0) is 33.5. The van der Waals surface area contributed by atoms with Crippen molar-refractivity contribution >= 4 is 36.5 Å². The second-order valence-corrected chi connectivity index (χ2v) is 18.7. The van der Waals surface area contributed by atoms with Gasteiger partial charge in [0.05, 0.1) is 30.4 Å². The molecular formula is C34H46N8O4Si. The summed E-state index contributed by atoms with van der Waals surface area (Å²) in [5.74, 6) is 0.621. The van der Waals surface area contributed by atoms with E-state index in [-0.39, 0.29) is 17.4 Å². The smallest absolute Gasteiger partial charge is 0.219 e. The van der Waals surface area contributed by atoms with Crippen LogP contribution in [0.3, 0.4) is 0 Å². The fraction of sp³-hybridized carbons (Fsp3) is 0.500. The number of carbonyl (C=O) groups is 1. The van der Waals surface area contributed by atoms with Gasteiger partial charge in [-0.15, -0.1) is 0 Å². The van der Waals surface area contributed by atoms with Crippen molar-refractivity contribution in [3.63, 3.8) is 0 Å². The molecule has 5 heterocycles. The maximum Gasteiger partial charge on any atom is 0.219 e. The largest absolute Gasteiger partial charge is 0.473 e. The van der Waals surface area contributed by atoms with Crippen molar-refractivity contribution in [2.24, 2.45) is 12.8 Å². The Kier molecular flexibility index (Phi) is 9.09. The molecule has 2 N–H and O–H groups in total. The Labute approximate surface area is 276 Å². The Morgan fingerprint density at radius 2 is 1.91 bits per heavy atom. The molecule has 250 valence electrons. The molecule has 0 aliphatic carbocycles. The monoisotopic (exact) mass is 658 g/mol. The lowest BCUT2D eigenvalue weighted by atomic mass is 10.0. The van der Waals surface area contributed by atoms with Crippen LogP contribution in [0.1, 0.15) is 63.7 Å². The van der Waals surface area contributed by atoms with E-state index in [9.17, 15) is 4.79 Å². The van der Waals surface area contributed by atoms with Crippen molar-refractivity contribution in [2.45, 2.75) is 84.0 Å². The van der Waals surface area contributed by atoms with Gasteiger partial charge in [-0.05, 0) is 62.5 Å². The van der Waals surface area contributed by atoms with Crippen LogP contribution in [0.15, 0.2) is 36.7 Å². The zero-order valence-electron chi connectivity index (χ0n) is 28.5. The summed E-state index contributed by atoms with van der Waals surface area (Å²) in [7, 11) is -0.0888. The van der Waals surface area contributed by atoms with Crippen molar-refractivity contribution in [1.82, 2.24) is 34.3 Å². The molecule has 0 spiro atoms. The minimum Gasteiger partial charge on any atom is -0.473 e. The normalized spacial score (nSPS) is 16.6. The summed E-state index contributed by atoms with van der Waals surface area (Å²) < 4.78 is 24.0. The molecule has 4 aromatic heterocycles. The molecule has 0 amide bonds. The third-order valence-electron chi connectivity index (χ3n) is 9.55.